The summed E-state index contributed by atoms with van der Waals surface area (Å²) in [6, 6.07) is 9.34. The standard InChI is InChI=1S/C14H15NO3/c1-10-5-3-6-11(2)13(10)15-14(16)18-9-12-7-4-8-17-12/h3-8H,9H2,1-2H3,(H,15,16). The van der Waals surface area contributed by atoms with Gasteiger partial charge >= 0.3 is 6.09 Å². The van der Waals surface area contributed by atoms with Gasteiger partial charge in [0.05, 0.1) is 6.26 Å². The molecule has 0 saturated carbocycles. The van der Waals surface area contributed by atoms with E-state index in [0.717, 1.165) is 16.8 Å². The molecule has 1 aromatic carbocycles. The van der Waals surface area contributed by atoms with Crippen molar-refractivity contribution in [2.24, 2.45) is 0 Å². The lowest BCUT2D eigenvalue weighted by molar-refractivity contribution is 0.146. The zero-order valence-corrected chi connectivity index (χ0v) is 10.4. The monoisotopic (exact) mass is 245 g/mol. The first-order valence-corrected chi connectivity index (χ1v) is 5.69. The largest absolute Gasteiger partial charge is 0.466 e. The molecule has 0 fully saturated rings. The molecule has 0 spiro atoms. The van der Waals surface area contributed by atoms with E-state index in [1.807, 2.05) is 32.0 Å². The van der Waals surface area contributed by atoms with Crippen LogP contribution in [0.4, 0.5) is 10.5 Å². The molecule has 0 atom stereocenters. The lowest BCUT2D eigenvalue weighted by atomic mass is 10.1. The van der Waals surface area contributed by atoms with Crippen molar-refractivity contribution >= 4 is 11.8 Å². The summed E-state index contributed by atoms with van der Waals surface area (Å²) >= 11 is 0. The number of carbonyl (C=O) groups is 1. The van der Waals surface area contributed by atoms with Crippen LogP contribution in [0.5, 0.6) is 0 Å². The van der Waals surface area contributed by atoms with Crippen LogP contribution in [0.25, 0.3) is 0 Å². The second kappa shape index (κ2) is 5.40. The van der Waals surface area contributed by atoms with E-state index < -0.39 is 6.09 Å². The molecule has 18 heavy (non-hydrogen) atoms. The fourth-order valence-corrected chi connectivity index (χ4v) is 1.68. The van der Waals surface area contributed by atoms with Gasteiger partial charge < -0.3 is 9.15 Å². The number of furan rings is 1. The average molecular weight is 245 g/mol. The van der Waals surface area contributed by atoms with Crippen molar-refractivity contribution in [1.29, 1.82) is 0 Å². The van der Waals surface area contributed by atoms with Crippen LogP contribution in [-0.4, -0.2) is 6.09 Å². The Labute approximate surface area is 106 Å². The molecule has 0 aliphatic carbocycles. The number of para-hydroxylation sites is 1. The third-order valence-electron chi connectivity index (χ3n) is 2.63. The summed E-state index contributed by atoms with van der Waals surface area (Å²) in [6.07, 6.45) is 1.06. The fourth-order valence-electron chi connectivity index (χ4n) is 1.68. The van der Waals surface area contributed by atoms with E-state index in [0.29, 0.717) is 5.76 Å². The highest BCUT2D eigenvalue weighted by molar-refractivity contribution is 5.86. The zero-order valence-electron chi connectivity index (χ0n) is 10.4. The van der Waals surface area contributed by atoms with E-state index in [-0.39, 0.29) is 6.61 Å². The van der Waals surface area contributed by atoms with Gasteiger partial charge in [-0.25, -0.2) is 4.79 Å². The highest BCUT2D eigenvalue weighted by atomic mass is 16.6. The number of nitrogens with one attached hydrogen (secondary N) is 1. The lowest BCUT2D eigenvalue weighted by Crippen LogP contribution is -2.15. The Morgan fingerprint density at radius 3 is 2.56 bits per heavy atom. The Bertz CT molecular complexity index is 512. The molecule has 1 N–H and O–H groups in total. The first kappa shape index (κ1) is 12.2. The molecular formula is C14H15NO3. The summed E-state index contributed by atoms with van der Waals surface area (Å²) in [5, 5.41) is 2.74. The smallest absolute Gasteiger partial charge is 0.412 e. The molecule has 1 heterocycles. The number of hydrogen-bond donors (Lipinski definition) is 1. The average Bonchev–Trinajstić information content (AvgIpc) is 2.84. The fraction of sp³-hybridized carbons (Fsp3) is 0.214. The Morgan fingerprint density at radius 1 is 1.22 bits per heavy atom. The van der Waals surface area contributed by atoms with E-state index in [9.17, 15) is 4.79 Å². The van der Waals surface area contributed by atoms with E-state index in [4.69, 9.17) is 9.15 Å². The zero-order chi connectivity index (χ0) is 13.0. The molecule has 2 aromatic rings. The van der Waals surface area contributed by atoms with Gasteiger partial charge in [-0.2, -0.15) is 0 Å². The molecule has 0 aliphatic heterocycles. The summed E-state index contributed by atoms with van der Waals surface area (Å²) in [7, 11) is 0. The molecule has 0 saturated heterocycles. The summed E-state index contributed by atoms with van der Waals surface area (Å²) in [5.41, 5.74) is 2.80. The van der Waals surface area contributed by atoms with E-state index in [1.54, 1.807) is 18.4 Å². The first-order chi connectivity index (χ1) is 8.66. The van der Waals surface area contributed by atoms with Crippen LogP contribution < -0.4 is 5.32 Å². The molecule has 4 nitrogen and oxygen atoms in total. The van der Waals surface area contributed by atoms with Gasteiger partial charge in [-0.05, 0) is 37.1 Å². The van der Waals surface area contributed by atoms with Crippen molar-refractivity contribution in [2.45, 2.75) is 20.5 Å². The van der Waals surface area contributed by atoms with Crippen molar-refractivity contribution in [3.05, 3.63) is 53.5 Å². The summed E-state index contributed by atoms with van der Waals surface area (Å²) in [5.74, 6) is 0.617. The predicted molar refractivity (Wildman–Crippen MR) is 68.4 cm³/mol. The molecule has 0 aliphatic rings. The number of ether oxygens (including phenoxy) is 1. The maximum Gasteiger partial charge on any atom is 0.412 e. The Kier molecular flexibility index (Phi) is 3.67. The number of hydrogen-bond acceptors (Lipinski definition) is 3. The number of amides is 1. The predicted octanol–water partition coefficient (Wildman–Crippen LogP) is 3.65. The highest BCUT2D eigenvalue weighted by Crippen LogP contribution is 2.19. The normalized spacial score (nSPS) is 10.1. The van der Waals surface area contributed by atoms with Crippen LogP contribution in [0.1, 0.15) is 16.9 Å². The number of aryl methyl sites for hydroxylation is 2. The van der Waals surface area contributed by atoms with Crippen molar-refractivity contribution in [3.63, 3.8) is 0 Å². The second-order valence-corrected chi connectivity index (χ2v) is 4.05. The Hall–Kier alpha value is -2.23. The number of benzene rings is 1. The van der Waals surface area contributed by atoms with Crippen molar-refractivity contribution in [3.8, 4) is 0 Å². The second-order valence-electron chi connectivity index (χ2n) is 4.05. The molecule has 0 bridgehead atoms. The van der Waals surface area contributed by atoms with Crippen LogP contribution in [-0.2, 0) is 11.3 Å². The van der Waals surface area contributed by atoms with Gasteiger partial charge in [-0.1, -0.05) is 18.2 Å². The van der Waals surface area contributed by atoms with Crippen LogP contribution in [0.3, 0.4) is 0 Å². The highest BCUT2D eigenvalue weighted by Gasteiger charge is 2.08. The number of rotatable bonds is 3. The van der Waals surface area contributed by atoms with Crippen LogP contribution >= 0.6 is 0 Å². The van der Waals surface area contributed by atoms with Gasteiger partial charge in [0.15, 0.2) is 6.61 Å². The topological polar surface area (TPSA) is 51.5 Å². The molecular weight excluding hydrogens is 230 g/mol. The van der Waals surface area contributed by atoms with Crippen molar-refractivity contribution in [1.82, 2.24) is 0 Å². The molecule has 4 heteroatoms. The molecule has 1 aromatic heterocycles. The maximum atomic E-state index is 11.6. The van der Waals surface area contributed by atoms with E-state index in [2.05, 4.69) is 5.32 Å². The van der Waals surface area contributed by atoms with Crippen LogP contribution in [0, 0.1) is 13.8 Å². The van der Waals surface area contributed by atoms with Crippen LogP contribution in [0.15, 0.2) is 41.0 Å². The maximum absolute atomic E-state index is 11.6. The molecule has 1 amide bonds. The summed E-state index contributed by atoms with van der Waals surface area (Å²) in [6.45, 7) is 4.01. The van der Waals surface area contributed by atoms with Crippen LogP contribution in [0.2, 0.25) is 0 Å². The SMILES string of the molecule is Cc1cccc(C)c1NC(=O)OCc1ccco1. The van der Waals surface area contributed by atoms with E-state index >= 15 is 0 Å². The summed E-state index contributed by atoms with van der Waals surface area (Å²) in [4.78, 5) is 11.6. The number of anilines is 1. The third kappa shape index (κ3) is 2.91. The minimum Gasteiger partial charge on any atom is -0.466 e. The van der Waals surface area contributed by atoms with Crippen molar-refractivity contribution < 1.29 is 13.9 Å². The Balaban J connectivity index is 1.95. The Morgan fingerprint density at radius 2 is 1.94 bits per heavy atom. The first-order valence-electron chi connectivity index (χ1n) is 5.69. The van der Waals surface area contributed by atoms with Gasteiger partial charge in [0.1, 0.15) is 5.76 Å². The minimum absolute atomic E-state index is 0.129. The molecule has 0 unspecified atom stereocenters. The van der Waals surface area contributed by atoms with Crippen molar-refractivity contribution in [2.75, 3.05) is 5.32 Å². The third-order valence-corrected chi connectivity index (χ3v) is 2.63. The molecule has 0 radical (unpaired) electrons. The minimum atomic E-state index is -0.483. The van der Waals surface area contributed by atoms with Gasteiger partial charge in [-0.15, -0.1) is 0 Å². The van der Waals surface area contributed by atoms with Gasteiger partial charge in [-0.3, -0.25) is 5.32 Å². The molecule has 94 valence electrons. The van der Waals surface area contributed by atoms with Gasteiger partial charge in [0.2, 0.25) is 0 Å². The number of carbonyl (C=O) groups excluding carboxylic acids is 1. The quantitative estimate of drug-likeness (QED) is 0.898. The van der Waals surface area contributed by atoms with E-state index in [1.165, 1.54) is 0 Å². The lowest BCUT2D eigenvalue weighted by Gasteiger charge is -2.11. The summed E-state index contributed by atoms with van der Waals surface area (Å²) < 4.78 is 10.1. The molecule has 2 rings (SSSR count). The van der Waals surface area contributed by atoms with Gasteiger partial charge in [0, 0.05) is 5.69 Å². The van der Waals surface area contributed by atoms with Gasteiger partial charge in [0.25, 0.3) is 0 Å².